The van der Waals surface area contributed by atoms with Gasteiger partial charge >= 0.3 is 5.76 Å². The van der Waals surface area contributed by atoms with Crippen LogP contribution in [0.5, 0.6) is 0 Å². The predicted molar refractivity (Wildman–Crippen MR) is 45.3 cm³/mol. The molecule has 1 aliphatic heterocycles. The van der Waals surface area contributed by atoms with E-state index >= 15 is 0 Å². The molecule has 0 saturated carbocycles. The maximum absolute atomic E-state index is 12.1. The molecular formula is C6H12F2N2O3S. The summed E-state index contributed by atoms with van der Waals surface area (Å²) in [7, 11) is -4.52. The van der Waals surface area contributed by atoms with Gasteiger partial charge in [0, 0.05) is 19.1 Å². The van der Waals surface area contributed by atoms with E-state index in [0.717, 1.165) is 0 Å². The maximum atomic E-state index is 12.1. The number of halogens is 2. The van der Waals surface area contributed by atoms with Gasteiger partial charge in [-0.3, -0.25) is 0 Å². The fourth-order valence-corrected chi connectivity index (χ4v) is 2.10. The van der Waals surface area contributed by atoms with E-state index in [0.29, 0.717) is 4.31 Å². The second-order valence-corrected chi connectivity index (χ2v) is 4.90. The molecular weight excluding hydrogens is 218 g/mol. The highest BCUT2D eigenvalue weighted by Crippen LogP contribution is 2.13. The molecule has 0 aromatic carbocycles. The van der Waals surface area contributed by atoms with Crippen LogP contribution in [0.4, 0.5) is 8.78 Å². The largest absolute Gasteiger partial charge is 0.378 e. The molecule has 0 amide bonds. The van der Waals surface area contributed by atoms with Crippen LogP contribution in [0.25, 0.3) is 0 Å². The Balaban J connectivity index is 2.75. The van der Waals surface area contributed by atoms with E-state index in [1.54, 1.807) is 0 Å². The van der Waals surface area contributed by atoms with Gasteiger partial charge in [-0.25, -0.2) is 8.42 Å². The second kappa shape index (κ2) is 4.47. The van der Waals surface area contributed by atoms with E-state index in [-0.39, 0.29) is 26.3 Å². The summed E-state index contributed by atoms with van der Waals surface area (Å²) < 4.78 is 52.0. The molecule has 1 heterocycles. The monoisotopic (exact) mass is 230 g/mol. The van der Waals surface area contributed by atoms with Gasteiger partial charge < -0.3 is 10.5 Å². The van der Waals surface area contributed by atoms with Crippen LogP contribution in [0.3, 0.4) is 0 Å². The number of alkyl halides is 2. The zero-order valence-electron chi connectivity index (χ0n) is 7.40. The van der Waals surface area contributed by atoms with E-state index in [9.17, 15) is 17.2 Å². The summed E-state index contributed by atoms with van der Waals surface area (Å²) >= 11 is 0. The van der Waals surface area contributed by atoms with Crippen molar-refractivity contribution in [3.8, 4) is 0 Å². The molecule has 1 rings (SSSR count). The summed E-state index contributed by atoms with van der Waals surface area (Å²) in [5.74, 6) is -3.40. The van der Waals surface area contributed by atoms with Crippen molar-refractivity contribution in [2.24, 2.45) is 5.73 Å². The Kier molecular flexibility index (Phi) is 3.76. The van der Waals surface area contributed by atoms with Crippen LogP contribution >= 0.6 is 0 Å². The van der Waals surface area contributed by atoms with Crippen molar-refractivity contribution in [1.82, 2.24) is 4.31 Å². The number of sulfonamides is 1. The molecule has 0 spiro atoms. The Hall–Kier alpha value is -0.310. The minimum absolute atomic E-state index is 0.0691. The smallest absolute Gasteiger partial charge is 0.350 e. The van der Waals surface area contributed by atoms with Crippen molar-refractivity contribution in [1.29, 1.82) is 0 Å². The van der Waals surface area contributed by atoms with E-state index in [2.05, 4.69) is 0 Å². The van der Waals surface area contributed by atoms with E-state index in [1.807, 2.05) is 0 Å². The average molecular weight is 230 g/mol. The minimum atomic E-state index is -4.52. The fourth-order valence-electron chi connectivity index (χ4n) is 1.15. The minimum Gasteiger partial charge on any atom is -0.378 e. The van der Waals surface area contributed by atoms with Gasteiger partial charge in [0.2, 0.25) is 0 Å². The van der Waals surface area contributed by atoms with Gasteiger partial charge in [-0.05, 0) is 0 Å². The van der Waals surface area contributed by atoms with Gasteiger partial charge in [0.05, 0.1) is 13.2 Å². The van der Waals surface area contributed by atoms with Crippen LogP contribution in [0.2, 0.25) is 0 Å². The summed E-state index contributed by atoms with van der Waals surface area (Å²) in [4.78, 5) is 0. The predicted octanol–water partition coefficient (Wildman–Crippen LogP) is -0.802. The second-order valence-electron chi connectivity index (χ2n) is 3.00. The average Bonchev–Trinajstić information content (AvgIpc) is 2.29. The van der Waals surface area contributed by atoms with Crippen LogP contribution in [0.1, 0.15) is 0 Å². The highest BCUT2D eigenvalue weighted by atomic mass is 32.2. The third kappa shape index (κ3) is 2.59. The molecule has 14 heavy (non-hydrogen) atoms. The first-order valence-electron chi connectivity index (χ1n) is 4.05. The Labute approximate surface area is 80.9 Å². The van der Waals surface area contributed by atoms with Crippen molar-refractivity contribution >= 4 is 10.0 Å². The summed E-state index contributed by atoms with van der Waals surface area (Å²) in [5.41, 5.74) is 5.45. The lowest BCUT2D eigenvalue weighted by atomic mass is 10.3. The number of hydrogen-bond acceptors (Lipinski definition) is 4. The first-order chi connectivity index (χ1) is 6.44. The topological polar surface area (TPSA) is 72.6 Å². The Morgan fingerprint density at radius 3 is 2.71 bits per heavy atom. The van der Waals surface area contributed by atoms with Crippen LogP contribution in [-0.2, 0) is 14.8 Å². The van der Waals surface area contributed by atoms with Gasteiger partial charge in [0.25, 0.3) is 10.0 Å². The van der Waals surface area contributed by atoms with Crippen molar-refractivity contribution < 1.29 is 21.9 Å². The zero-order valence-corrected chi connectivity index (χ0v) is 8.21. The van der Waals surface area contributed by atoms with Gasteiger partial charge in [0.15, 0.2) is 0 Å². The Morgan fingerprint density at radius 1 is 1.50 bits per heavy atom. The number of rotatable bonds is 2. The van der Waals surface area contributed by atoms with Crippen LogP contribution in [0.15, 0.2) is 0 Å². The summed E-state index contributed by atoms with van der Waals surface area (Å²) in [5, 5.41) is 0. The van der Waals surface area contributed by atoms with Crippen molar-refractivity contribution in [3.63, 3.8) is 0 Å². The molecule has 1 unspecified atom stereocenters. The molecule has 1 saturated heterocycles. The highest BCUT2D eigenvalue weighted by molar-refractivity contribution is 7.89. The molecule has 0 aromatic rings. The van der Waals surface area contributed by atoms with Gasteiger partial charge in [-0.2, -0.15) is 13.1 Å². The van der Waals surface area contributed by atoms with Gasteiger partial charge in [0.1, 0.15) is 0 Å². The zero-order chi connectivity index (χ0) is 10.8. The molecule has 1 atom stereocenters. The summed E-state index contributed by atoms with van der Waals surface area (Å²) in [6, 6.07) is -0.550. The Bertz CT molecular complexity index is 283. The maximum Gasteiger partial charge on any atom is 0.350 e. The third-order valence-corrected chi connectivity index (χ3v) is 3.34. The molecule has 2 N–H and O–H groups in total. The molecule has 0 radical (unpaired) electrons. The molecule has 8 heteroatoms. The molecule has 1 aliphatic rings. The molecule has 5 nitrogen and oxygen atoms in total. The fraction of sp³-hybridized carbons (Fsp3) is 1.00. The van der Waals surface area contributed by atoms with Crippen LogP contribution < -0.4 is 5.73 Å². The normalized spacial score (nSPS) is 26.4. The standard InChI is InChI=1S/C6H12F2N2O3S/c7-6(8)14(11,12)10-1-2-13-4-5(9)3-10/h5-6H,1-4,9H2. The Morgan fingerprint density at radius 2 is 2.14 bits per heavy atom. The van der Waals surface area contributed by atoms with Crippen molar-refractivity contribution in [2.75, 3.05) is 26.3 Å². The van der Waals surface area contributed by atoms with Crippen molar-refractivity contribution in [3.05, 3.63) is 0 Å². The molecule has 1 fully saturated rings. The van der Waals surface area contributed by atoms with Gasteiger partial charge in [-0.1, -0.05) is 0 Å². The lowest BCUT2D eigenvalue weighted by Crippen LogP contribution is -2.43. The first kappa shape index (κ1) is 11.8. The number of hydrogen-bond donors (Lipinski definition) is 1. The first-order valence-corrected chi connectivity index (χ1v) is 5.55. The lowest BCUT2D eigenvalue weighted by molar-refractivity contribution is 0.139. The summed E-state index contributed by atoms with van der Waals surface area (Å²) in [6.07, 6.45) is 0. The number of nitrogens with zero attached hydrogens (tertiary/aromatic N) is 1. The van der Waals surface area contributed by atoms with E-state index in [4.69, 9.17) is 10.5 Å². The van der Waals surface area contributed by atoms with Crippen molar-refractivity contribution in [2.45, 2.75) is 11.8 Å². The molecule has 84 valence electrons. The summed E-state index contributed by atoms with van der Waals surface area (Å²) in [6.45, 7) is 0.0992. The van der Waals surface area contributed by atoms with Crippen LogP contribution in [0, 0.1) is 0 Å². The van der Waals surface area contributed by atoms with Gasteiger partial charge in [-0.15, -0.1) is 0 Å². The van der Waals surface area contributed by atoms with E-state index < -0.39 is 21.8 Å². The quantitative estimate of drug-likeness (QED) is 0.674. The van der Waals surface area contributed by atoms with E-state index in [1.165, 1.54) is 0 Å². The van der Waals surface area contributed by atoms with Crippen LogP contribution in [-0.4, -0.2) is 50.8 Å². The third-order valence-electron chi connectivity index (χ3n) is 1.84. The SMILES string of the molecule is NC1COCCN(S(=O)(=O)C(F)F)C1. The highest BCUT2D eigenvalue weighted by Gasteiger charge is 2.33. The molecule has 0 bridgehead atoms. The number of nitrogens with two attached hydrogens (primary N) is 1. The number of ether oxygens (including phenoxy) is 1. The molecule has 0 aromatic heterocycles. The lowest BCUT2D eigenvalue weighted by Gasteiger charge is -2.20. The molecule has 0 aliphatic carbocycles.